The largest absolute Gasteiger partial charge is 0.374 e. The van der Waals surface area contributed by atoms with Crippen LogP contribution in [0.4, 0.5) is 0 Å². The van der Waals surface area contributed by atoms with Gasteiger partial charge in [0.15, 0.2) is 0 Å². The number of hydrogen-bond donors (Lipinski definition) is 1. The molecule has 4 heteroatoms. The number of nitrogens with two attached hydrogens (primary N) is 1. The summed E-state index contributed by atoms with van der Waals surface area (Å²) in [4.78, 5) is 14.7. The molecule has 0 aromatic heterocycles. The number of amides is 1. The number of carbonyl (C=O) groups excluding carboxylic acids is 1. The predicted molar refractivity (Wildman–Crippen MR) is 75.6 cm³/mol. The van der Waals surface area contributed by atoms with E-state index in [0.717, 1.165) is 38.9 Å². The van der Waals surface area contributed by atoms with Gasteiger partial charge in [0.1, 0.15) is 0 Å². The SMILES string of the molecule is CC1OC(C)C(C(=O)N2CCC(CCN)CC2)C1C. The Balaban J connectivity index is 1.91. The van der Waals surface area contributed by atoms with Crippen molar-refractivity contribution >= 4 is 5.91 Å². The van der Waals surface area contributed by atoms with Gasteiger partial charge in [-0.1, -0.05) is 6.92 Å². The number of carbonyl (C=O) groups is 1. The van der Waals surface area contributed by atoms with E-state index in [0.29, 0.717) is 17.7 Å². The van der Waals surface area contributed by atoms with Crippen molar-refractivity contribution in [3.8, 4) is 0 Å². The molecule has 2 heterocycles. The Morgan fingerprint density at radius 1 is 1.21 bits per heavy atom. The molecule has 0 radical (unpaired) electrons. The minimum Gasteiger partial charge on any atom is -0.374 e. The van der Waals surface area contributed by atoms with E-state index in [2.05, 4.69) is 13.8 Å². The van der Waals surface area contributed by atoms with Crippen molar-refractivity contribution in [2.45, 2.75) is 52.2 Å². The molecule has 0 bridgehead atoms. The maximum Gasteiger partial charge on any atom is 0.228 e. The van der Waals surface area contributed by atoms with E-state index in [1.165, 1.54) is 0 Å². The minimum absolute atomic E-state index is 0.0426. The molecule has 1 amide bonds. The Morgan fingerprint density at radius 2 is 1.84 bits per heavy atom. The lowest BCUT2D eigenvalue weighted by Gasteiger charge is -2.34. The number of hydrogen-bond acceptors (Lipinski definition) is 3. The van der Waals surface area contributed by atoms with E-state index in [1.807, 2.05) is 11.8 Å². The van der Waals surface area contributed by atoms with Gasteiger partial charge in [0, 0.05) is 13.1 Å². The van der Waals surface area contributed by atoms with Crippen LogP contribution in [0.1, 0.15) is 40.0 Å². The van der Waals surface area contributed by atoms with Crippen LogP contribution in [0, 0.1) is 17.8 Å². The lowest BCUT2D eigenvalue weighted by atomic mass is 9.86. The third-order valence-electron chi connectivity index (χ3n) is 5.03. The summed E-state index contributed by atoms with van der Waals surface area (Å²) in [5.41, 5.74) is 5.61. The molecule has 110 valence electrons. The van der Waals surface area contributed by atoms with Gasteiger partial charge in [-0.3, -0.25) is 4.79 Å². The number of likely N-dealkylation sites (tertiary alicyclic amines) is 1. The fourth-order valence-corrected chi connectivity index (χ4v) is 3.58. The van der Waals surface area contributed by atoms with Crippen molar-refractivity contribution < 1.29 is 9.53 Å². The minimum atomic E-state index is 0.0426. The van der Waals surface area contributed by atoms with Gasteiger partial charge in [-0.15, -0.1) is 0 Å². The molecule has 0 saturated carbocycles. The quantitative estimate of drug-likeness (QED) is 0.846. The molecule has 2 saturated heterocycles. The third-order valence-corrected chi connectivity index (χ3v) is 5.03. The smallest absolute Gasteiger partial charge is 0.228 e. The topological polar surface area (TPSA) is 55.6 Å². The van der Waals surface area contributed by atoms with Crippen LogP contribution in [-0.2, 0) is 9.53 Å². The third kappa shape index (κ3) is 3.11. The molecule has 0 aliphatic carbocycles. The van der Waals surface area contributed by atoms with E-state index in [-0.39, 0.29) is 18.1 Å². The van der Waals surface area contributed by atoms with Crippen LogP contribution in [0.15, 0.2) is 0 Å². The van der Waals surface area contributed by atoms with Crippen LogP contribution in [0.3, 0.4) is 0 Å². The molecular weight excluding hydrogens is 240 g/mol. The van der Waals surface area contributed by atoms with Crippen LogP contribution in [-0.4, -0.2) is 42.6 Å². The van der Waals surface area contributed by atoms with Gasteiger partial charge in [0.2, 0.25) is 5.91 Å². The van der Waals surface area contributed by atoms with Gasteiger partial charge in [-0.05, 0) is 51.5 Å². The van der Waals surface area contributed by atoms with E-state index in [4.69, 9.17) is 10.5 Å². The molecule has 0 aromatic rings. The zero-order valence-corrected chi connectivity index (χ0v) is 12.5. The lowest BCUT2D eigenvalue weighted by Crippen LogP contribution is -2.45. The van der Waals surface area contributed by atoms with Gasteiger partial charge < -0.3 is 15.4 Å². The van der Waals surface area contributed by atoms with Crippen molar-refractivity contribution in [2.75, 3.05) is 19.6 Å². The van der Waals surface area contributed by atoms with Crippen LogP contribution in [0.5, 0.6) is 0 Å². The Labute approximate surface area is 116 Å². The monoisotopic (exact) mass is 268 g/mol. The second-order valence-electron chi connectivity index (χ2n) is 6.28. The number of rotatable bonds is 3. The Hall–Kier alpha value is -0.610. The van der Waals surface area contributed by atoms with Gasteiger partial charge in [-0.25, -0.2) is 0 Å². The molecule has 19 heavy (non-hydrogen) atoms. The van der Waals surface area contributed by atoms with Crippen molar-refractivity contribution in [1.82, 2.24) is 4.90 Å². The normalized spacial score (nSPS) is 36.7. The average molecular weight is 268 g/mol. The van der Waals surface area contributed by atoms with E-state index in [1.54, 1.807) is 0 Å². The highest BCUT2D eigenvalue weighted by Crippen LogP contribution is 2.34. The number of ether oxygens (including phenoxy) is 1. The van der Waals surface area contributed by atoms with Gasteiger partial charge in [0.25, 0.3) is 0 Å². The van der Waals surface area contributed by atoms with Crippen molar-refractivity contribution in [1.29, 1.82) is 0 Å². The Bertz CT molecular complexity index is 313. The average Bonchev–Trinajstić information content (AvgIpc) is 2.64. The molecule has 2 N–H and O–H groups in total. The maximum absolute atomic E-state index is 12.7. The molecular formula is C15H28N2O2. The fourth-order valence-electron chi connectivity index (χ4n) is 3.58. The summed E-state index contributed by atoms with van der Waals surface area (Å²) >= 11 is 0. The fraction of sp³-hybridized carbons (Fsp3) is 0.933. The summed E-state index contributed by atoms with van der Waals surface area (Å²) < 4.78 is 5.79. The molecule has 4 nitrogen and oxygen atoms in total. The molecule has 2 aliphatic heterocycles. The zero-order valence-electron chi connectivity index (χ0n) is 12.5. The van der Waals surface area contributed by atoms with Crippen LogP contribution < -0.4 is 5.73 Å². The number of piperidine rings is 1. The molecule has 4 atom stereocenters. The maximum atomic E-state index is 12.7. The van der Waals surface area contributed by atoms with Crippen LogP contribution in [0.2, 0.25) is 0 Å². The molecule has 2 fully saturated rings. The standard InChI is InChI=1S/C15H28N2O2/c1-10-11(2)19-12(3)14(10)15(18)17-8-5-13(4-7-16)6-9-17/h10-14H,4-9,16H2,1-3H3. The summed E-state index contributed by atoms with van der Waals surface area (Å²) in [5.74, 6) is 1.38. The summed E-state index contributed by atoms with van der Waals surface area (Å²) in [6, 6.07) is 0. The highest BCUT2D eigenvalue weighted by Gasteiger charge is 2.43. The second-order valence-corrected chi connectivity index (χ2v) is 6.28. The summed E-state index contributed by atoms with van der Waals surface area (Å²) in [5, 5.41) is 0. The molecule has 0 aromatic carbocycles. The van der Waals surface area contributed by atoms with E-state index >= 15 is 0 Å². The van der Waals surface area contributed by atoms with Gasteiger partial charge in [0.05, 0.1) is 18.1 Å². The van der Waals surface area contributed by atoms with Crippen molar-refractivity contribution in [2.24, 2.45) is 23.5 Å². The Morgan fingerprint density at radius 3 is 2.32 bits per heavy atom. The zero-order chi connectivity index (χ0) is 14.0. The number of nitrogens with zero attached hydrogens (tertiary/aromatic N) is 1. The first-order chi connectivity index (χ1) is 9.04. The first-order valence-electron chi connectivity index (χ1n) is 7.69. The van der Waals surface area contributed by atoms with E-state index in [9.17, 15) is 4.79 Å². The van der Waals surface area contributed by atoms with Crippen molar-refractivity contribution in [3.63, 3.8) is 0 Å². The molecule has 4 unspecified atom stereocenters. The predicted octanol–water partition coefficient (Wildman–Crippen LogP) is 1.63. The molecule has 2 aliphatic rings. The first-order valence-corrected chi connectivity index (χ1v) is 7.69. The van der Waals surface area contributed by atoms with Gasteiger partial charge >= 0.3 is 0 Å². The first kappa shape index (κ1) is 14.8. The summed E-state index contributed by atoms with van der Waals surface area (Å²) in [6.07, 6.45) is 3.56. The van der Waals surface area contributed by atoms with Crippen molar-refractivity contribution in [3.05, 3.63) is 0 Å². The Kier molecular flexibility index (Phi) is 4.85. The summed E-state index contributed by atoms with van der Waals surface area (Å²) in [7, 11) is 0. The second kappa shape index (κ2) is 6.23. The highest BCUT2D eigenvalue weighted by atomic mass is 16.5. The van der Waals surface area contributed by atoms with E-state index < -0.39 is 0 Å². The molecule has 0 spiro atoms. The van der Waals surface area contributed by atoms with Crippen LogP contribution in [0.25, 0.3) is 0 Å². The highest BCUT2D eigenvalue weighted by molar-refractivity contribution is 5.80. The van der Waals surface area contributed by atoms with Crippen LogP contribution >= 0.6 is 0 Å². The lowest BCUT2D eigenvalue weighted by molar-refractivity contribution is -0.139. The molecule has 2 rings (SSSR count). The summed E-state index contributed by atoms with van der Waals surface area (Å²) in [6.45, 7) is 8.80. The van der Waals surface area contributed by atoms with Gasteiger partial charge in [-0.2, -0.15) is 0 Å².